The topological polar surface area (TPSA) is 52.3 Å². The number of rotatable bonds is 4. The molecule has 87 valence electrons. The van der Waals surface area contributed by atoms with Crippen molar-refractivity contribution in [1.29, 1.82) is 0 Å². The van der Waals surface area contributed by atoms with Crippen molar-refractivity contribution < 1.29 is 13.9 Å². The Balaban J connectivity index is 2.07. The highest BCUT2D eigenvalue weighted by Gasteiger charge is 2.13. The number of hydrogen-bond donors (Lipinski definition) is 1. The molecule has 0 atom stereocenters. The minimum Gasteiger partial charge on any atom is -0.480 e. The van der Waals surface area contributed by atoms with Crippen LogP contribution in [0.3, 0.4) is 0 Å². The van der Waals surface area contributed by atoms with Crippen LogP contribution in [0.2, 0.25) is 0 Å². The molecule has 1 radical (unpaired) electrons. The largest absolute Gasteiger partial charge is 0.480 e. The fourth-order valence-corrected chi connectivity index (χ4v) is 1.96. The van der Waals surface area contributed by atoms with Crippen LogP contribution in [-0.2, 0) is 0 Å². The van der Waals surface area contributed by atoms with Crippen molar-refractivity contribution in [2.75, 3.05) is 0 Å². The Labute approximate surface area is 102 Å². The summed E-state index contributed by atoms with van der Waals surface area (Å²) < 4.78 is 18.6. The Morgan fingerprint density at radius 3 is 2.65 bits per heavy atom. The summed E-state index contributed by atoms with van der Waals surface area (Å²) in [4.78, 5) is 11.3. The van der Waals surface area contributed by atoms with E-state index in [9.17, 15) is 9.18 Å². The van der Waals surface area contributed by atoms with Crippen LogP contribution in [0.25, 0.3) is 0 Å². The molecule has 0 saturated heterocycles. The van der Waals surface area contributed by atoms with Crippen LogP contribution in [0.4, 0.5) is 4.39 Å². The molecule has 1 aromatic heterocycles. The Morgan fingerprint density at radius 2 is 2.06 bits per heavy atom. The monoisotopic (exact) mass is 250 g/mol. The van der Waals surface area contributed by atoms with Gasteiger partial charge in [0.05, 0.1) is 9.75 Å². The lowest BCUT2D eigenvalue weighted by molar-refractivity contribution is 0.100. The van der Waals surface area contributed by atoms with Crippen molar-refractivity contribution >= 4 is 17.2 Å². The molecule has 0 bridgehead atoms. The van der Waals surface area contributed by atoms with Crippen molar-refractivity contribution in [3.8, 4) is 5.75 Å². The van der Waals surface area contributed by atoms with Crippen LogP contribution in [-0.4, -0.2) is 5.91 Å². The number of nitrogens with two attached hydrogens (primary N) is 1. The highest BCUT2D eigenvalue weighted by molar-refractivity contribution is 7.14. The summed E-state index contributed by atoms with van der Waals surface area (Å²) in [6, 6.07) is 10.1. The molecular weight excluding hydrogens is 241 g/mol. The normalized spacial score (nSPS) is 10.2. The zero-order valence-corrected chi connectivity index (χ0v) is 9.54. The highest BCUT2D eigenvalue weighted by Crippen LogP contribution is 2.23. The summed E-state index contributed by atoms with van der Waals surface area (Å²) >= 11 is 0.957. The van der Waals surface area contributed by atoms with Crippen molar-refractivity contribution in [2.45, 2.75) is 0 Å². The Hall–Kier alpha value is -1.88. The van der Waals surface area contributed by atoms with E-state index in [1.165, 1.54) is 6.61 Å². The lowest BCUT2D eigenvalue weighted by Gasteiger charge is -2.02. The van der Waals surface area contributed by atoms with Gasteiger partial charge in [-0.1, -0.05) is 18.2 Å². The highest BCUT2D eigenvalue weighted by atomic mass is 32.1. The van der Waals surface area contributed by atoms with Gasteiger partial charge in [-0.2, -0.15) is 0 Å². The predicted molar refractivity (Wildman–Crippen MR) is 63.3 cm³/mol. The van der Waals surface area contributed by atoms with E-state index < -0.39 is 11.7 Å². The van der Waals surface area contributed by atoms with E-state index in [0.717, 1.165) is 17.4 Å². The number of carbonyl (C=O) groups excluding carboxylic acids is 1. The molecule has 3 nitrogen and oxygen atoms in total. The fraction of sp³-hybridized carbons (Fsp3) is 0. The lowest BCUT2D eigenvalue weighted by atomic mass is 10.3. The molecule has 0 spiro atoms. The summed E-state index contributed by atoms with van der Waals surface area (Å²) in [6.07, 6.45) is 0. The van der Waals surface area contributed by atoms with E-state index in [1.54, 1.807) is 12.1 Å². The molecule has 2 aromatic rings. The van der Waals surface area contributed by atoms with Crippen LogP contribution in [0.5, 0.6) is 5.75 Å². The summed E-state index contributed by atoms with van der Waals surface area (Å²) in [5.41, 5.74) is 5.05. The van der Waals surface area contributed by atoms with E-state index in [4.69, 9.17) is 10.5 Å². The number of thiophene rings is 1. The molecule has 2 rings (SSSR count). The first-order valence-electron chi connectivity index (χ1n) is 4.81. The standard InChI is InChI=1S/C12H9FNO2S/c13-9-6-10(12(14)15)17-11(9)7-16-8-4-2-1-3-5-8/h1-7H,(H2,14,15). The first kappa shape index (κ1) is 11.6. The molecule has 0 unspecified atom stereocenters. The van der Waals surface area contributed by atoms with Gasteiger partial charge in [-0.3, -0.25) is 4.79 Å². The van der Waals surface area contributed by atoms with Crippen LogP contribution in [0, 0.1) is 12.4 Å². The van der Waals surface area contributed by atoms with E-state index in [2.05, 4.69) is 0 Å². The maximum absolute atomic E-state index is 13.4. The molecule has 2 N–H and O–H groups in total. The molecule has 1 amide bonds. The van der Waals surface area contributed by atoms with Gasteiger partial charge >= 0.3 is 0 Å². The third-order valence-electron chi connectivity index (χ3n) is 2.00. The second-order valence-corrected chi connectivity index (χ2v) is 4.32. The summed E-state index contributed by atoms with van der Waals surface area (Å²) in [7, 11) is 0. The number of ether oxygens (including phenoxy) is 1. The molecule has 5 heteroatoms. The molecule has 1 aromatic carbocycles. The third kappa shape index (κ3) is 2.82. The molecule has 0 saturated carbocycles. The van der Waals surface area contributed by atoms with E-state index in [-0.39, 0.29) is 9.75 Å². The smallest absolute Gasteiger partial charge is 0.258 e. The number of hydrogen-bond acceptors (Lipinski definition) is 3. The van der Waals surface area contributed by atoms with Gasteiger partial charge in [0.2, 0.25) is 0 Å². The third-order valence-corrected chi connectivity index (χ3v) is 3.05. The van der Waals surface area contributed by atoms with Crippen LogP contribution in [0.1, 0.15) is 14.5 Å². The van der Waals surface area contributed by atoms with Crippen LogP contribution in [0.15, 0.2) is 36.4 Å². The van der Waals surface area contributed by atoms with Gasteiger partial charge in [-0.25, -0.2) is 4.39 Å². The van der Waals surface area contributed by atoms with Crippen LogP contribution >= 0.6 is 11.3 Å². The molecule has 1 heterocycles. The van der Waals surface area contributed by atoms with Gasteiger partial charge in [0.1, 0.15) is 11.6 Å². The zero-order valence-electron chi connectivity index (χ0n) is 8.72. The Bertz CT molecular complexity index is 525. The van der Waals surface area contributed by atoms with Gasteiger partial charge < -0.3 is 10.5 Å². The number of primary amides is 1. The number of benzene rings is 1. The second kappa shape index (κ2) is 4.97. The maximum Gasteiger partial charge on any atom is 0.258 e. The molecular formula is C12H9FNO2S. The molecule has 0 aliphatic carbocycles. The number of amides is 1. The minimum absolute atomic E-state index is 0.172. The summed E-state index contributed by atoms with van der Waals surface area (Å²) in [6.45, 7) is 1.27. The number of para-hydroxylation sites is 1. The average molecular weight is 250 g/mol. The Morgan fingerprint density at radius 1 is 1.35 bits per heavy atom. The van der Waals surface area contributed by atoms with Crippen molar-refractivity contribution in [3.05, 3.63) is 58.6 Å². The van der Waals surface area contributed by atoms with Crippen molar-refractivity contribution in [3.63, 3.8) is 0 Å². The van der Waals surface area contributed by atoms with Gasteiger partial charge in [-0.15, -0.1) is 11.3 Å². The van der Waals surface area contributed by atoms with Gasteiger partial charge in [0, 0.05) is 0 Å². The quantitative estimate of drug-likeness (QED) is 0.906. The Kier molecular flexibility index (Phi) is 3.39. The van der Waals surface area contributed by atoms with E-state index >= 15 is 0 Å². The average Bonchev–Trinajstić information content (AvgIpc) is 2.70. The lowest BCUT2D eigenvalue weighted by Crippen LogP contribution is -2.08. The van der Waals surface area contributed by atoms with Gasteiger partial charge in [0.15, 0.2) is 6.61 Å². The van der Waals surface area contributed by atoms with Crippen molar-refractivity contribution in [1.82, 2.24) is 0 Å². The predicted octanol–water partition coefficient (Wildman–Crippen LogP) is 2.57. The summed E-state index contributed by atoms with van der Waals surface area (Å²) in [5.74, 6) is -0.561. The fourth-order valence-electron chi connectivity index (χ4n) is 1.21. The van der Waals surface area contributed by atoms with Gasteiger partial charge in [0.25, 0.3) is 5.91 Å². The molecule has 17 heavy (non-hydrogen) atoms. The first-order chi connectivity index (χ1) is 8.16. The second-order valence-electron chi connectivity index (χ2n) is 3.24. The SMILES string of the molecule is NC(=O)c1cc(F)c([CH]Oc2ccccc2)s1. The molecule has 0 aliphatic rings. The number of halogens is 1. The maximum atomic E-state index is 13.4. The first-order valence-corrected chi connectivity index (χ1v) is 5.62. The summed E-state index contributed by atoms with van der Waals surface area (Å²) in [5, 5.41) is 0. The van der Waals surface area contributed by atoms with Crippen LogP contribution < -0.4 is 10.5 Å². The number of carbonyl (C=O) groups is 1. The van der Waals surface area contributed by atoms with E-state index in [0.29, 0.717) is 5.75 Å². The zero-order chi connectivity index (χ0) is 12.3. The van der Waals surface area contributed by atoms with E-state index in [1.807, 2.05) is 18.2 Å². The van der Waals surface area contributed by atoms with Gasteiger partial charge in [-0.05, 0) is 18.2 Å². The molecule has 0 fully saturated rings. The van der Waals surface area contributed by atoms with Crippen molar-refractivity contribution in [2.24, 2.45) is 5.73 Å². The minimum atomic E-state index is -0.645. The molecule has 0 aliphatic heterocycles.